The number of morpholine rings is 1. The van der Waals surface area contributed by atoms with Crippen LogP contribution in [-0.2, 0) is 4.74 Å². The molecule has 0 aliphatic carbocycles. The molecule has 0 radical (unpaired) electrons. The third kappa shape index (κ3) is 2.71. The highest BCUT2D eigenvalue weighted by Gasteiger charge is 2.18. The minimum Gasteiger partial charge on any atom is -0.379 e. The molecule has 1 fully saturated rings. The molecule has 1 aliphatic heterocycles. The van der Waals surface area contributed by atoms with Gasteiger partial charge in [-0.3, -0.25) is 4.90 Å². The molecular formula is C8H19N3O. The van der Waals surface area contributed by atoms with Crippen LogP contribution in [0.25, 0.3) is 0 Å². The molecule has 0 aromatic carbocycles. The van der Waals surface area contributed by atoms with Crippen molar-refractivity contribution in [3.8, 4) is 0 Å². The lowest BCUT2D eigenvalue weighted by atomic mass is 10.1. The fraction of sp³-hybridized carbons (Fsp3) is 1.00. The van der Waals surface area contributed by atoms with Gasteiger partial charge < -0.3 is 16.2 Å². The van der Waals surface area contributed by atoms with Crippen LogP contribution >= 0.6 is 0 Å². The van der Waals surface area contributed by atoms with Gasteiger partial charge in [0.05, 0.1) is 13.2 Å². The zero-order valence-corrected chi connectivity index (χ0v) is 7.54. The van der Waals surface area contributed by atoms with Crippen molar-refractivity contribution in [1.82, 2.24) is 4.90 Å². The summed E-state index contributed by atoms with van der Waals surface area (Å²) in [5.74, 6) is 0. The maximum atomic E-state index is 5.65. The van der Waals surface area contributed by atoms with Crippen LogP contribution in [0.5, 0.6) is 0 Å². The third-order valence-electron chi connectivity index (χ3n) is 2.33. The van der Waals surface area contributed by atoms with Crippen molar-refractivity contribution in [2.75, 3.05) is 39.4 Å². The molecule has 1 saturated heterocycles. The van der Waals surface area contributed by atoms with Crippen LogP contribution in [0.15, 0.2) is 0 Å². The molecule has 0 amide bonds. The summed E-state index contributed by atoms with van der Waals surface area (Å²) in [6.07, 6.45) is 0.997. The summed E-state index contributed by atoms with van der Waals surface area (Å²) in [4.78, 5) is 2.37. The van der Waals surface area contributed by atoms with Crippen molar-refractivity contribution >= 4 is 0 Å². The van der Waals surface area contributed by atoms with Crippen molar-refractivity contribution in [2.24, 2.45) is 11.5 Å². The van der Waals surface area contributed by atoms with E-state index in [-0.39, 0.29) is 0 Å². The van der Waals surface area contributed by atoms with Gasteiger partial charge in [-0.05, 0) is 13.0 Å². The summed E-state index contributed by atoms with van der Waals surface area (Å²) in [6, 6.07) is 0.457. The lowest BCUT2D eigenvalue weighted by Crippen LogP contribution is -2.47. The third-order valence-corrected chi connectivity index (χ3v) is 2.33. The minimum absolute atomic E-state index is 0.457. The Balaban J connectivity index is 2.29. The maximum Gasteiger partial charge on any atom is 0.0594 e. The van der Waals surface area contributed by atoms with E-state index in [0.717, 1.165) is 39.3 Å². The lowest BCUT2D eigenvalue weighted by molar-refractivity contribution is 0.0171. The molecule has 72 valence electrons. The Morgan fingerprint density at radius 1 is 1.25 bits per heavy atom. The summed E-state index contributed by atoms with van der Waals surface area (Å²) in [5.41, 5.74) is 11.1. The van der Waals surface area contributed by atoms with E-state index in [1.807, 2.05) is 0 Å². The molecule has 4 nitrogen and oxygen atoms in total. The van der Waals surface area contributed by atoms with E-state index in [9.17, 15) is 0 Å². The second-order valence-electron chi connectivity index (χ2n) is 3.12. The molecule has 1 rings (SSSR count). The quantitative estimate of drug-likeness (QED) is 0.572. The van der Waals surface area contributed by atoms with E-state index >= 15 is 0 Å². The first-order valence-corrected chi connectivity index (χ1v) is 4.60. The van der Waals surface area contributed by atoms with Gasteiger partial charge in [0.2, 0.25) is 0 Å². The number of rotatable bonds is 4. The Labute approximate surface area is 73.8 Å². The highest BCUT2D eigenvalue weighted by molar-refractivity contribution is 4.74. The Kier molecular flexibility index (Phi) is 4.53. The van der Waals surface area contributed by atoms with Crippen LogP contribution in [0.4, 0.5) is 0 Å². The van der Waals surface area contributed by atoms with Gasteiger partial charge in [-0.2, -0.15) is 0 Å². The zero-order chi connectivity index (χ0) is 8.81. The van der Waals surface area contributed by atoms with Gasteiger partial charge in [0, 0.05) is 25.7 Å². The van der Waals surface area contributed by atoms with Crippen LogP contribution in [0.1, 0.15) is 6.42 Å². The van der Waals surface area contributed by atoms with E-state index in [2.05, 4.69) is 4.90 Å². The Morgan fingerprint density at radius 2 is 1.92 bits per heavy atom. The number of nitrogens with two attached hydrogens (primary N) is 2. The molecule has 4 N–H and O–H groups in total. The standard InChI is InChI=1S/C8H19N3O/c9-2-1-8(7-10)11-3-5-12-6-4-11/h8H,1-7,9-10H2. The SMILES string of the molecule is NCCC(CN)N1CCOCC1. The molecule has 0 aromatic heterocycles. The molecule has 1 unspecified atom stereocenters. The molecule has 0 bridgehead atoms. The summed E-state index contributed by atoms with van der Waals surface area (Å²) in [6.45, 7) is 5.10. The van der Waals surface area contributed by atoms with Crippen LogP contribution in [0.3, 0.4) is 0 Å². The van der Waals surface area contributed by atoms with Gasteiger partial charge in [-0.1, -0.05) is 0 Å². The van der Waals surface area contributed by atoms with Gasteiger partial charge in [0.1, 0.15) is 0 Å². The second kappa shape index (κ2) is 5.48. The normalized spacial score (nSPS) is 22.5. The molecule has 1 heterocycles. The predicted octanol–water partition coefficient (Wildman–Crippen LogP) is -1.01. The Bertz CT molecular complexity index is 112. The van der Waals surface area contributed by atoms with Crippen LogP contribution < -0.4 is 11.5 Å². The van der Waals surface area contributed by atoms with Gasteiger partial charge in [-0.25, -0.2) is 0 Å². The van der Waals surface area contributed by atoms with Crippen molar-refractivity contribution in [1.29, 1.82) is 0 Å². The first-order chi connectivity index (χ1) is 5.88. The highest BCUT2D eigenvalue weighted by atomic mass is 16.5. The van der Waals surface area contributed by atoms with Gasteiger partial charge in [0.15, 0.2) is 0 Å². The summed E-state index contributed by atoms with van der Waals surface area (Å²) >= 11 is 0. The van der Waals surface area contributed by atoms with Gasteiger partial charge in [-0.15, -0.1) is 0 Å². The molecule has 4 heteroatoms. The first kappa shape index (κ1) is 9.92. The average Bonchev–Trinajstić information content (AvgIpc) is 2.15. The van der Waals surface area contributed by atoms with E-state index in [0.29, 0.717) is 12.6 Å². The molecule has 1 aliphatic rings. The van der Waals surface area contributed by atoms with E-state index in [4.69, 9.17) is 16.2 Å². The zero-order valence-electron chi connectivity index (χ0n) is 7.54. The molecular weight excluding hydrogens is 154 g/mol. The fourth-order valence-corrected chi connectivity index (χ4v) is 1.58. The minimum atomic E-state index is 0.457. The van der Waals surface area contributed by atoms with Crippen molar-refractivity contribution in [2.45, 2.75) is 12.5 Å². The molecule has 0 saturated carbocycles. The van der Waals surface area contributed by atoms with E-state index < -0.39 is 0 Å². The Hall–Kier alpha value is -0.160. The highest BCUT2D eigenvalue weighted by Crippen LogP contribution is 2.05. The number of hydrogen-bond donors (Lipinski definition) is 2. The molecule has 0 aromatic rings. The van der Waals surface area contributed by atoms with Crippen LogP contribution in [0, 0.1) is 0 Å². The summed E-state index contributed by atoms with van der Waals surface area (Å²) < 4.78 is 5.26. The number of nitrogens with zero attached hydrogens (tertiary/aromatic N) is 1. The van der Waals surface area contributed by atoms with Crippen molar-refractivity contribution in [3.05, 3.63) is 0 Å². The Morgan fingerprint density at radius 3 is 2.42 bits per heavy atom. The van der Waals surface area contributed by atoms with Crippen molar-refractivity contribution < 1.29 is 4.74 Å². The smallest absolute Gasteiger partial charge is 0.0594 e. The van der Waals surface area contributed by atoms with Crippen LogP contribution in [-0.4, -0.2) is 50.3 Å². The summed E-state index contributed by atoms with van der Waals surface area (Å²) in [7, 11) is 0. The molecule has 0 spiro atoms. The molecule has 1 atom stereocenters. The largest absolute Gasteiger partial charge is 0.379 e. The fourth-order valence-electron chi connectivity index (χ4n) is 1.58. The van der Waals surface area contributed by atoms with Gasteiger partial charge in [0.25, 0.3) is 0 Å². The van der Waals surface area contributed by atoms with Crippen LogP contribution in [0.2, 0.25) is 0 Å². The number of hydrogen-bond acceptors (Lipinski definition) is 4. The second-order valence-corrected chi connectivity index (χ2v) is 3.12. The first-order valence-electron chi connectivity index (χ1n) is 4.60. The number of ether oxygens (including phenoxy) is 1. The van der Waals surface area contributed by atoms with Gasteiger partial charge >= 0.3 is 0 Å². The predicted molar refractivity (Wildman–Crippen MR) is 48.9 cm³/mol. The monoisotopic (exact) mass is 173 g/mol. The average molecular weight is 173 g/mol. The van der Waals surface area contributed by atoms with Crippen molar-refractivity contribution in [3.63, 3.8) is 0 Å². The van der Waals surface area contributed by atoms with E-state index in [1.165, 1.54) is 0 Å². The maximum absolute atomic E-state index is 5.65. The molecule has 12 heavy (non-hydrogen) atoms. The van der Waals surface area contributed by atoms with E-state index in [1.54, 1.807) is 0 Å². The lowest BCUT2D eigenvalue weighted by Gasteiger charge is -2.33. The topological polar surface area (TPSA) is 64.5 Å². The summed E-state index contributed by atoms with van der Waals surface area (Å²) in [5, 5.41) is 0.